The molecule has 0 aliphatic heterocycles. The number of hydrogen-bond acceptors (Lipinski definition) is 2. The molecule has 5 heteroatoms. The van der Waals surface area contributed by atoms with E-state index < -0.39 is 6.09 Å². The first-order valence-electron chi connectivity index (χ1n) is 5.57. The van der Waals surface area contributed by atoms with E-state index >= 15 is 0 Å². The molecule has 0 heterocycles. The number of carbonyl (C=O) groups is 1. The van der Waals surface area contributed by atoms with E-state index in [4.69, 9.17) is 5.11 Å². The third-order valence-electron chi connectivity index (χ3n) is 2.26. The number of benzene rings is 1. The van der Waals surface area contributed by atoms with Gasteiger partial charge in [0, 0.05) is 6.54 Å². The number of nitrogens with zero attached hydrogens (tertiary/aromatic N) is 1. The molecule has 1 amide bonds. The summed E-state index contributed by atoms with van der Waals surface area (Å²) in [5, 5.41) is 10.2. The van der Waals surface area contributed by atoms with Crippen molar-refractivity contribution in [1.29, 1.82) is 0 Å². The number of hydrogen-bond donors (Lipinski definition) is 2. The van der Waals surface area contributed by atoms with Crippen LogP contribution in [0.1, 0.15) is 26.2 Å². The van der Waals surface area contributed by atoms with Crippen LogP contribution < -0.4 is 10.4 Å². The van der Waals surface area contributed by atoms with E-state index in [0.29, 0.717) is 12.2 Å². The molecule has 1 aromatic carbocycles. The van der Waals surface area contributed by atoms with E-state index in [-0.39, 0.29) is 12.4 Å². The summed E-state index contributed by atoms with van der Waals surface area (Å²) in [5.41, 5.74) is 3.55. The summed E-state index contributed by atoms with van der Waals surface area (Å²) in [6.45, 7) is 2.79. The van der Waals surface area contributed by atoms with Crippen molar-refractivity contribution in [3.8, 4) is 0 Å². The molecule has 0 aliphatic carbocycles. The number of hydrazine groups is 1. The van der Waals surface area contributed by atoms with Gasteiger partial charge in [-0.25, -0.2) is 15.2 Å². The molecule has 17 heavy (non-hydrogen) atoms. The number of nitrogens with one attached hydrogen (secondary N) is 1. The molecule has 1 rings (SSSR count). The Morgan fingerprint density at radius 1 is 1.29 bits per heavy atom. The van der Waals surface area contributed by atoms with Crippen molar-refractivity contribution in [1.82, 2.24) is 5.43 Å². The lowest BCUT2D eigenvalue weighted by Gasteiger charge is -2.19. The average Bonchev–Trinajstić information content (AvgIpc) is 2.30. The van der Waals surface area contributed by atoms with Crippen LogP contribution in [0, 0.1) is 0 Å². The first-order valence-corrected chi connectivity index (χ1v) is 5.57. The number of unbranched alkanes of at least 4 members (excludes halogenated alkanes) is 2. The summed E-state index contributed by atoms with van der Waals surface area (Å²) in [6.07, 6.45) is 2.23. The minimum atomic E-state index is -0.984. The Morgan fingerprint density at radius 3 is 2.47 bits per heavy atom. The number of amides is 1. The molecule has 0 aromatic heterocycles. The molecule has 0 unspecified atom stereocenters. The molecular formula is C12H19ClN2O2. The van der Waals surface area contributed by atoms with Gasteiger partial charge in [0.1, 0.15) is 0 Å². The Labute approximate surface area is 108 Å². The van der Waals surface area contributed by atoms with Crippen molar-refractivity contribution in [2.75, 3.05) is 11.6 Å². The van der Waals surface area contributed by atoms with E-state index in [2.05, 4.69) is 12.3 Å². The Balaban J connectivity index is 0.00000256. The van der Waals surface area contributed by atoms with Crippen LogP contribution in [-0.2, 0) is 0 Å². The minimum Gasteiger partial charge on any atom is -0.464 e. The summed E-state index contributed by atoms with van der Waals surface area (Å²) in [5.74, 6) is 0. The molecule has 4 nitrogen and oxygen atoms in total. The van der Waals surface area contributed by atoms with Crippen molar-refractivity contribution < 1.29 is 9.90 Å². The zero-order chi connectivity index (χ0) is 11.8. The first-order chi connectivity index (χ1) is 7.75. The monoisotopic (exact) mass is 258 g/mol. The molecule has 0 atom stereocenters. The van der Waals surface area contributed by atoms with E-state index in [1.165, 1.54) is 0 Å². The highest BCUT2D eigenvalue weighted by Gasteiger charge is 2.12. The lowest BCUT2D eigenvalue weighted by atomic mass is 10.2. The van der Waals surface area contributed by atoms with E-state index in [1.807, 2.05) is 18.2 Å². The Bertz CT molecular complexity index is 320. The van der Waals surface area contributed by atoms with Crippen LogP contribution in [0.4, 0.5) is 10.5 Å². The molecular weight excluding hydrogens is 240 g/mol. The van der Waals surface area contributed by atoms with E-state index in [0.717, 1.165) is 24.3 Å². The first kappa shape index (κ1) is 15.7. The Kier molecular flexibility index (Phi) is 8.19. The Hall–Kier alpha value is -1.26. The van der Waals surface area contributed by atoms with Crippen LogP contribution in [0.3, 0.4) is 0 Å². The standard InChI is InChI=1S/C12H18N2O2.ClH/c1-2-3-7-10-13-14(12(15)16)11-8-5-4-6-9-11;/h4-6,8-9,13H,2-3,7,10H2,1H3,(H,15,16);1H. The fourth-order valence-corrected chi connectivity index (χ4v) is 1.41. The zero-order valence-electron chi connectivity index (χ0n) is 9.93. The van der Waals surface area contributed by atoms with Crippen molar-refractivity contribution >= 4 is 24.2 Å². The molecule has 0 saturated carbocycles. The van der Waals surface area contributed by atoms with Gasteiger partial charge in [-0.15, -0.1) is 12.4 Å². The molecule has 1 aromatic rings. The molecule has 0 spiro atoms. The quantitative estimate of drug-likeness (QED) is 0.608. The fourth-order valence-electron chi connectivity index (χ4n) is 1.41. The van der Waals surface area contributed by atoms with Crippen molar-refractivity contribution in [2.24, 2.45) is 0 Å². The number of para-hydroxylation sites is 1. The van der Waals surface area contributed by atoms with Crippen molar-refractivity contribution in [2.45, 2.75) is 26.2 Å². The van der Waals surface area contributed by atoms with Crippen LogP contribution in [0.5, 0.6) is 0 Å². The van der Waals surface area contributed by atoms with Gasteiger partial charge in [-0.2, -0.15) is 0 Å². The summed E-state index contributed by atoms with van der Waals surface area (Å²) in [7, 11) is 0. The molecule has 0 aliphatic rings. The predicted octanol–water partition coefficient (Wildman–Crippen LogP) is 3.29. The SMILES string of the molecule is CCCCCNN(C(=O)O)c1ccccc1.Cl. The Morgan fingerprint density at radius 2 is 1.94 bits per heavy atom. The third kappa shape index (κ3) is 5.56. The summed E-state index contributed by atoms with van der Waals surface area (Å²) in [4.78, 5) is 11.0. The minimum absolute atomic E-state index is 0. The molecule has 0 fully saturated rings. The molecule has 0 saturated heterocycles. The highest BCUT2D eigenvalue weighted by molar-refractivity contribution is 5.85. The number of anilines is 1. The van der Waals surface area contributed by atoms with Gasteiger partial charge >= 0.3 is 6.09 Å². The topological polar surface area (TPSA) is 52.6 Å². The second-order valence-corrected chi connectivity index (χ2v) is 3.57. The van der Waals surface area contributed by atoms with Gasteiger partial charge in [0.2, 0.25) is 0 Å². The highest BCUT2D eigenvalue weighted by Crippen LogP contribution is 2.10. The zero-order valence-corrected chi connectivity index (χ0v) is 10.7. The molecule has 0 radical (unpaired) electrons. The van der Waals surface area contributed by atoms with Crippen LogP contribution in [-0.4, -0.2) is 17.7 Å². The molecule has 96 valence electrons. The molecule has 0 bridgehead atoms. The van der Waals surface area contributed by atoms with Gasteiger partial charge in [0.05, 0.1) is 5.69 Å². The lowest BCUT2D eigenvalue weighted by molar-refractivity contribution is 0.198. The maximum Gasteiger partial charge on any atom is 0.426 e. The third-order valence-corrected chi connectivity index (χ3v) is 2.26. The number of carboxylic acid groups (broad SMARTS) is 1. The van der Waals surface area contributed by atoms with Gasteiger partial charge in [-0.3, -0.25) is 0 Å². The van der Waals surface area contributed by atoms with Crippen molar-refractivity contribution in [3.63, 3.8) is 0 Å². The van der Waals surface area contributed by atoms with Crippen molar-refractivity contribution in [3.05, 3.63) is 30.3 Å². The van der Waals surface area contributed by atoms with Crippen LogP contribution in [0.15, 0.2) is 30.3 Å². The van der Waals surface area contributed by atoms with Gasteiger partial charge in [0.25, 0.3) is 0 Å². The molecule has 2 N–H and O–H groups in total. The second-order valence-electron chi connectivity index (χ2n) is 3.57. The van der Waals surface area contributed by atoms with Crippen LogP contribution >= 0.6 is 12.4 Å². The number of halogens is 1. The van der Waals surface area contributed by atoms with Gasteiger partial charge < -0.3 is 5.11 Å². The van der Waals surface area contributed by atoms with Crippen LogP contribution in [0.2, 0.25) is 0 Å². The normalized spacial score (nSPS) is 9.47. The maximum absolute atomic E-state index is 11.0. The maximum atomic E-state index is 11.0. The van der Waals surface area contributed by atoms with Crippen LogP contribution in [0.25, 0.3) is 0 Å². The summed E-state index contributed by atoms with van der Waals surface area (Å²) >= 11 is 0. The highest BCUT2D eigenvalue weighted by atomic mass is 35.5. The smallest absolute Gasteiger partial charge is 0.426 e. The van der Waals surface area contributed by atoms with E-state index in [1.54, 1.807) is 12.1 Å². The average molecular weight is 259 g/mol. The summed E-state index contributed by atoms with van der Waals surface area (Å²) in [6, 6.07) is 9.03. The lowest BCUT2D eigenvalue weighted by Crippen LogP contribution is -2.42. The fraction of sp³-hybridized carbons (Fsp3) is 0.417. The van der Waals surface area contributed by atoms with Gasteiger partial charge in [0.15, 0.2) is 0 Å². The van der Waals surface area contributed by atoms with Gasteiger partial charge in [-0.1, -0.05) is 38.0 Å². The largest absolute Gasteiger partial charge is 0.464 e. The predicted molar refractivity (Wildman–Crippen MR) is 71.7 cm³/mol. The van der Waals surface area contributed by atoms with Gasteiger partial charge in [-0.05, 0) is 18.6 Å². The van der Waals surface area contributed by atoms with E-state index in [9.17, 15) is 4.79 Å². The summed E-state index contributed by atoms with van der Waals surface area (Å²) < 4.78 is 0. The second kappa shape index (κ2) is 8.84. The number of rotatable bonds is 6.